The highest BCUT2D eigenvalue weighted by atomic mass is 16.1. The number of aromatic nitrogens is 4. The fraction of sp³-hybridized carbons (Fsp3) is 0.375. The van der Waals surface area contributed by atoms with Gasteiger partial charge in [-0.05, 0) is 59.2 Å². The Kier molecular flexibility index (Phi) is 3.72. The highest BCUT2D eigenvalue weighted by Gasteiger charge is 2.64. The Hall–Kier alpha value is -2.99. The number of fused-ring (bicyclic) bond motifs is 2. The molecule has 1 N–H and O–H groups in total. The summed E-state index contributed by atoms with van der Waals surface area (Å²) in [5.74, 6) is 0. The maximum Gasteiger partial charge on any atom is 0.260 e. The molecular weight excluding hydrogens is 374 g/mol. The maximum absolute atomic E-state index is 12.7. The molecule has 3 fully saturated rings. The van der Waals surface area contributed by atoms with Gasteiger partial charge in [-0.25, -0.2) is 4.98 Å². The van der Waals surface area contributed by atoms with Crippen molar-refractivity contribution in [2.75, 3.05) is 6.54 Å². The minimum atomic E-state index is -0.0370. The lowest BCUT2D eigenvalue weighted by molar-refractivity contribution is -0.187. The molecule has 0 unspecified atom stereocenters. The molecule has 3 aliphatic carbocycles. The number of nitrogens with one attached hydrogen (secondary N) is 1. The second-order valence-electron chi connectivity index (χ2n) is 9.69. The van der Waals surface area contributed by atoms with Crippen LogP contribution < -0.4 is 10.9 Å². The van der Waals surface area contributed by atoms with Crippen molar-refractivity contribution in [3.8, 4) is 0 Å². The van der Waals surface area contributed by atoms with Crippen LogP contribution in [0, 0.1) is 10.8 Å². The average molecular weight is 399 g/mol. The molecule has 152 valence electrons. The summed E-state index contributed by atoms with van der Waals surface area (Å²) in [6, 6.07) is 7.99. The first-order valence-corrected chi connectivity index (χ1v) is 10.6. The molecular formula is C24H25N5O. The molecule has 6 nitrogen and oxygen atoms in total. The van der Waals surface area contributed by atoms with Crippen LogP contribution in [0.2, 0.25) is 0 Å². The summed E-state index contributed by atoms with van der Waals surface area (Å²) in [6.07, 6.45) is 13.5. The van der Waals surface area contributed by atoms with Crippen LogP contribution in [-0.4, -0.2) is 25.5 Å². The molecule has 7 rings (SSSR count). The summed E-state index contributed by atoms with van der Waals surface area (Å²) in [4.78, 5) is 21.5. The summed E-state index contributed by atoms with van der Waals surface area (Å²) >= 11 is 0. The smallest absolute Gasteiger partial charge is 0.260 e. The van der Waals surface area contributed by atoms with E-state index in [4.69, 9.17) is 4.98 Å². The van der Waals surface area contributed by atoms with Gasteiger partial charge in [0.25, 0.3) is 5.56 Å². The minimum absolute atomic E-state index is 0.0370. The van der Waals surface area contributed by atoms with Crippen molar-refractivity contribution in [1.29, 1.82) is 0 Å². The molecule has 0 atom stereocenters. The lowest BCUT2D eigenvalue weighted by Gasteiger charge is -2.70. The van der Waals surface area contributed by atoms with Gasteiger partial charge in [0, 0.05) is 44.1 Å². The number of imidazole rings is 1. The second kappa shape index (κ2) is 6.25. The quantitative estimate of drug-likeness (QED) is 0.540. The van der Waals surface area contributed by atoms with E-state index in [-0.39, 0.29) is 5.56 Å². The van der Waals surface area contributed by atoms with E-state index in [1.165, 1.54) is 24.8 Å². The highest BCUT2D eigenvalue weighted by molar-refractivity contribution is 5.80. The van der Waals surface area contributed by atoms with E-state index >= 15 is 0 Å². The minimum Gasteiger partial charge on any atom is -0.312 e. The number of nitrogens with zero attached hydrogens (tertiary/aromatic N) is 4. The summed E-state index contributed by atoms with van der Waals surface area (Å²) in [5, 5.41) is 5.19. The normalized spacial score (nSPS) is 24.7. The maximum atomic E-state index is 12.7. The molecule has 3 aliphatic rings. The Morgan fingerprint density at radius 3 is 2.83 bits per heavy atom. The molecule has 0 saturated heterocycles. The van der Waals surface area contributed by atoms with Crippen molar-refractivity contribution in [1.82, 2.24) is 24.3 Å². The average Bonchev–Trinajstić information content (AvgIpc) is 3.10. The zero-order valence-electron chi connectivity index (χ0n) is 17.1. The van der Waals surface area contributed by atoms with Crippen molar-refractivity contribution >= 4 is 16.4 Å². The molecule has 30 heavy (non-hydrogen) atoms. The van der Waals surface area contributed by atoms with Crippen LogP contribution in [0.4, 0.5) is 0 Å². The third kappa shape index (κ3) is 2.86. The van der Waals surface area contributed by atoms with Crippen molar-refractivity contribution in [3.63, 3.8) is 0 Å². The lowest BCUT2D eigenvalue weighted by Crippen LogP contribution is -2.63. The zero-order valence-corrected chi connectivity index (χ0v) is 17.1. The molecule has 0 aromatic carbocycles. The molecule has 0 spiro atoms. The Morgan fingerprint density at radius 1 is 1.13 bits per heavy atom. The van der Waals surface area contributed by atoms with E-state index in [1.807, 2.05) is 24.5 Å². The van der Waals surface area contributed by atoms with Crippen molar-refractivity contribution in [3.05, 3.63) is 76.9 Å². The predicted octanol–water partition coefficient (Wildman–Crippen LogP) is 3.37. The Balaban J connectivity index is 1.18. The molecule has 4 heterocycles. The van der Waals surface area contributed by atoms with E-state index in [1.54, 1.807) is 17.0 Å². The lowest BCUT2D eigenvalue weighted by atomic mass is 9.36. The molecule has 3 saturated carbocycles. The summed E-state index contributed by atoms with van der Waals surface area (Å²) < 4.78 is 3.75. The van der Waals surface area contributed by atoms with Crippen LogP contribution in [0.15, 0.2) is 60.0 Å². The molecule has 4 aromatic rings. The Morgan fingerprint density at radius 2 is 2.00 bits per heavy atom. The van der Waals surface area contributed by atoms with Crippen molar-refractivity contribution in [2.24, 2.45) is 10.8 Å². The topological polar surface area (TPSA) is 64.2 Å². The third-order valence-electron chi connectivity index (χ3n) is 6.91. The monoisotopic (exact) mass is 399 g/mol. The number of hydrogen-bond donors (Lipinski definition) is 1. The predicted molar refractivity (Wildman–Crippen MR) is 116 cm³/mol. The van der Waals surface area contributed by atoms with E-state index < -0.39 is 0 Å². The Bertz CT molecular complexity index is 1310. The zero-order chi connectivity index (χ0) is 20.3. The van der Waals surface area contributed by atoms with Crippen LogP contribution in [0.3, 0.4) is 0 Å². The van der Waals surface area contributed by atoms with Crippen molar-refractivity contribution in [2.45, 2.75) is 39.3 Å². The van der Waals surface area contributed by atoms with Gasteiger partial charge in [0.15, 0.2) is 0 Å². The van der Waals surface area contributed by atoms with Crippen LogP contribution in [-0.2, 0) is 13.1 Å². The second-order valence-corrected chi connectivity index (χ2v) is 9.69. The van der Waals surface area contributed by atoms with Crippen LogP contribution in [0.5, 0.6) is 0 Å². The van der Waals surface area contributed by atoms with Gasteiger partial charge in [0.2, 0.25) is 0 Å². The number of rotatable bonds is 6. The van der Waals surface area contributed by atoms with Crippen LogP contribution in [0.1, 0.15) is 37.4 Å². The van der Waals surface area contributed by atoms with E-state index in [0.29, 0.717) is 22.8 Å². The van der Waals surface area contributed by atoms with E-state index in [2.05, 4.69) is 40.0 Å². The largest absolute Gasteiger partial charge is 0.312 e. The highest BCUT2D eigenvalue weighted by Crippen LogP contribution is 2.72. The molecule has 2 bridgehead atoms. The molecule has 6 heteroatoms. The van der Waals surface area contributed by atoms with E-state index in [0.717, 1.165) is 29.8 Å². The number of hydrogen-bond acceptors (Lipinski definition) is 4. The van der Waals surface area contributed by atoms with Gasteiger partial charge in [-0.15, -0.1) is 0 Å². The Labute approximate surface area is 174 Å². The first-order chi connectivity index (χ1) is 14.5. The summed E-state index contributed by atoms with van der Waals surface area (Å²) in [5.41, 5.74) is 4.23. The van der Waals surface area contributed by atoms with Crippen LogP contribution >= 0.6 is 0 Å². The van der Waals surface area contributed by atoms with Gasteiger partial charge in [-0.3, -0.25) is 9.78 Å². The number of pyridine rings is 3. The standard InChI is InChI=1S/C24H25N5O/c1-23-13-24(14-23,15-23)16-26-8-17-2-3-21-27-19(12-29(21)10-17)11-28-7-5-18-4-6-25-9-20(18)22(28)30/h2-7,9-10,12,26H,8,11,13-16H2,1H3. The fourth-order valence-electron chi connectivity index (χ4n) is 5.91. The third-order valence-corrected chi connectivity index (χ3v) is 6.91. The first kappa shape index (κ1) is 17.8. The van der Waals surface area contributed by atoms with Gasteiger partial charge >= 0.3 is 0 Å². The van der Waals surface area contributed by atoms with Gasteiger partial charge in [0.05, 0.1) is 17.6 Å². The molecule has 0 aliphatic heterocycles. The summed E-state index contributed by atoms with van der Waals surface area (Å²) in [6.45, 7) is 4.84. The molecule has 4 aromatic heterocycles. The van der Waals surface area contributed by atoms with Gasteiger partial charge < -0.3 is 14.3 Å². The fourth-order valence-corrected chi connectivity index (χ4v) is 5.91. The summed E-state index contributed by atoms with van der Waals surface area (Å²) in [7, 11) is 0. The van der Waals surface area contributed by atoms with Crippen LogP contribution in [0.25, 0.3) is 16.4 Å². The van der Waals surface area contributed by atoms with Crippen molar-refractivity contribution < 1.29 is 0 Å². The van der Waals surface area contributed by atoms with Gasteiger partial charge in [-0.2, -0.15) is 0 Å². The SMILES string of the molecule is CC12CC(CNCc3ccc4nc(Cn5ccc6ccncc6c5=O)cn4c3)(C1)C2. The molecule has 0 radical (unpaired) electrons. The van der Waals surface area contributed by atoms with E-state index in [9.17, 15) is 4.79 Å². The van der Waals surface area contributed by atoms with Gasteiger partial charge in [0.1, 0.15) is 5.65 Å². The van der Waals surface area contributed by atoms with Gasteiger partial charge in [-0.1, -0.05) is 13.0 Å². The molecule has 0 amide bonds. The first-order valence-electron chi connectivity index (χ1n) is 10.6.